The van der Waals surface area contributed by atoms with E-state index in [-0.39, 0.29) is 21.4 Å². The Morgan fingerprint density at radius 3 is 2.06 bits per heavy atom. The monoisotopic (exact) mass is 262 g/mol. The lowest BCUT2D eigenvalue weighted by atomic mass is 10.1. The molecule has 88 valence electrons. The molecule has 0 heterocycles. The van der Waals surface area contributed by atoms with Crippen LogP contribution in [0.5, 0.6) is 5.75 Å². The highest BCUT2D eigenvalue weighted by atomic mass is 35.5. The van der Waals surface area contributed by atoms with Gasteiger partial charge in [0.1, 0.15) is 11.4 Å². The Bertz CT molecular complexity index is 399. The van der Waals surface area contributed by atoms with Gasteiger partial charge in [-0.2, -0.15) is 0 Å². The molecule has 1 aromatic rings. The zero-order valence-corrected chi connectivity index (χ0v) is 10.7. The van der Waals surface area contributed by atoms with Crippen molar-refractivity contribution in [3.63, 3.8) is 0 Å². The molecule has 0 aliphatic carbocycles. The highest BCUT2D eigenvalue weighted by Gasteiger charge is 2.22. The van der Waals surface area contributed by atoms with Gasteiger partial charge in [-0.1, -0.05) is 23.2 Å². The molecule has 0 saturated heterocycles. The number of phenolic OH excluding ortho intramolecular Hbond substituents is 1. The summed E-state index contributed by atoms with van der Waals surface area (Å²) in [6, 6.07) is 2.49. The van der Waals surface area contributed by atoms with Crippen molar-refractivity contribution in [1.29, 1.82) is 0 Å². The summed E-state index contributed by atoms with van der Waals surface area (Å²) in [5.74, 6) is -0.704. The maximum Gasteiger partial charge on any atom is 0.341 e. The predicted octanol–water partition coefficient (Wildman–Crippen LogP) is 3.65. The second-order valence-electron chi connectivity index (χ2n) is 4.29. The lowest BCUT2D eigenvalue weighted by molar-refractivity contribution is 0.00700. The summed E-state index contributed by atoms with van der Waals surface area (Å²) in [6.45, 7) is 5.23. The molecular formula is C11H12Cl2O3. The third kappa shape index (κ3) is 3.29. The normalized spacial score (nSPS) is 11.3. The lowest BCUT2D eigenvalue weighted by Crippen LogP contribution is -2.24. The average molecular weight is 263 g/mol. The first-order valence-electron chi connectivity index (χ1n) is 4.62. The van der Waals surface area contributed by atoms with Gasteiger partial charge in [-0.25, -0.2) is 4.79 Å². The second kappa shape index (κ2) is 4.52. The van der Waals surface area contributed by atoms with Crippen molar-refractivity contribution in [2.24, 2.45) is 0 Å². The molecule has 0 atom stereocenters. The standard InChI is InChI=1S/C11H12Cl2O3/c1-11(2,3)16-10(15)9-7(12)4-6(14)5-8(9)13/h4-5,14H,1-3H3. The molecule has 0 fully saturated rings. The Morgan fingerprint density at radius 2 is 1.69 bits per heavy atom. The maximum absolute atomic E-state index is 11.7. The van der Waals surface area contributed by atoms with E-state index in [1.165, 1.54) is 12.1 Å². The highest BCUT2D eigenvalue weighted by molar-refractivity contribution is 6.39. The van der Waals surface area contributed by atoms with Gasteiger partial charge in [-0.3, -0.25) is 0 Å². The van der Waals surface area contributed by atoms with Crippen LogP contribution in [0.1, 0.15) is 31.1 Å². The van der Waals surface area contributed by atoms with Crippen LogP contribution >= 0.6 is 23.2 Å². The minimum Gasteiger partial charge on any atom is -0.508 e. The van der Waals surface area contributed by atoms with E-state index in [2.05, 4.69) is 0 Å². The number of carbonyl (C=O) groups is 1. The minimum absolute atomic E-state index is 0.0658. The molecule has 1 rings (SSSR count). The number of carbonyl (C=O) groups excluding carboxylic acids is 1. The van der Waals surface area contributed by atoms with Crippen molar-refractivity contribution in [3.05, 3.63) is 27.7 Å². The van der Waals surface area contributed by atoms with Gasteiger partial charge in [-0.05, 0) is 32.9 Å². The van der Waals surface area contributed by atoms with E-state index in [1.807, 2.05) is 0 Å². The zero-order chi connectivity index (χ0) is 12.5. The molecule has 3 nitrogen and oxygen atoms in total. The number of aromatic hydroxyl groups is 1. The van der Waals surface area contributed by atoms with Crippen LogP contribution in [0.15, 0.2) is 12.1 Å². The number of esters is 1. The number of hydrogen-bond acceptors (Lipinski definition) is 3. The number of hydrogen-bond donors (Lipinski definition) is 1. The predicted molar refractivity (Wildman–Crippen MR) is 63.3 cm³/mol. The molecule has 1 aromatic carbocycles. The minimum atomic E-state index is -0.623. The van der Waals surface area contributed by atoms with E-state index in [0.29, 0.717) is 0 Å². The van der Waals surface area contributed by atoms with Crippen molar-refractivity contribution in [1.82, 2.24) is 0 Å². The number of phenols is 1. The summed E-state index contributed by atoms with van der Waals surface area (Å²) in [6.07, 6.45) is 0. The van der Waals surface area contributed by atoms with Crippen molar-refractivity contribution < 1.29 is 14.6 Å². The van der Waals surface area contributed by atoms with Crippen molar-refractivity contribution in [2.45, 2.75) is 26.4 Å². The first kappa shape index (κ1) is 13.1. The number of halogens is 2. The molecule has 5 heteroatoms. The molecular weight excluding hydrogens is 251 g/mol. The summed E-state index contributed by atoms with van der Waals surface area (Å²) in [7, 11) is 0. The number of rotatable bonds is 1. The van der Waals surface area contributed by atoms with Crippen LogP contribution in [0.2, 0.25) is 10.0 Å². The van der Waals surface area contributed by atoms with Gasteiger partial charge in [0.05, 0.1) is 15.6 Å². The van der Waals surface area contributed by atoms with Crippen LogP contribution in [0.3, 0.4) is 0 Å². The van der Waals surface area contributed by atoms with Crippen LogP contribution in [-0.2, 0) is 4.74 Å². The van der Waals surface area contributed by atoms with Gasteiger partial charge in [0.2, 0.25) is 0 Å². The van der Waals surface area contributed by atoms with Crippen molar-refractivity contribution in [3.8, 4) is 5.75 Å². The topological polar surface area (TPSA) is 46.5 Å². The number of benzene rings is 1. The Kier molecular flexibility index (Phi) is 3.71. The molecule has 0 aliphatic rings. The summed E-state index contributed by atoms with van der Waals surface area (Å²) < 4.78 is 5.14. The van der Waals surface area contributed by atoms with E-state index in [4.69, 9.17) is 27.9 Å². The molecule has 0 bridgehead atoms. The van der Waals surface area contributed by atoms with Gasteiger partial charge in [0.15, 0.2) is 0 Å². The smallest absolute Gasteiger partial charge is 0.341 e. The number of ether oxygens (including phenoxy) is 1. The fourth-order valence-electron chi connectivity index (χ4n) is 1.08. The molecule has 0 aromatic heterocycles. The average Bonchev–Trinajstić information content (AvgIpc) is 1.96. The fourth-order valence-corrected chi connectivity index (χ4v) is 1.71. The van der Waals surface area contributed by atoms with Crippen LogP contribution in [-0.4, -0.2) is 16.7 Å². The molecule has 0 unspecified atom stereocenters. The molecule has 0 amide bonds. The summed E-state index contributed by atoms with van der Waals surface area (Å²) >= 11 is 11.6. The fraction of sp³-hybridized carbons (Fsp3) is 0.364. The summed E-state index contributed by atoms with van der Waals surface area (Å²) in [4.78, 5) is 11.7. The quantitative estimate of drug-likeness (QED) is 0.786. The van der Waals surface area contributed by atoms with Gasteiger partial charge in [0.25, 0.3) is 0 Å². The molecule has 0 radical (unpaired) electrons. The van der Waals surface area contributed by atoms with Gasteiger partial charge in [0, 0.05) is 0 Å². The van der Waals surface area contributed by atoms with E-state index >= 15 is 0 Å². The van der Waals surface area contributed by atoms with Crippen molar-refractivity contribution >= 4 is 29.2 Å². The van der Waals surface area contributed by atoms with E-state index in [9.17, 15) is 9.90 Å². The SMILES string of the molecule is CC(C)(C)OC(=O)c1c(Cl)cc(O)cc1Cl. The Balaban J connectivity index is 3.10. The van der Waals surface area contributed by atoms with Crippen molar-refractivity contribution in [2.75, 3.05) is 0 Å². The largest absolute Gasteiger partial charge is 0.508 e. The molecule has 0 spiro atoms. The van der Waals surface area contributed by atoms with E-state index in [0.717, 1.165) is 0 Å². The van der Waals surface area contributed by atoms with Crippen LogP contribution in [0.25, 0.3) is 0 Å². The summed E-state index contributed by atoms with van der Waals surface area (Å²) in [5, 5.41) is 9.35. The Hall–Kier alpha value is -0.930. The summed E-state index contributed by atoms with van der Waals surface area (Å²) in [5.41, 5.74) is -0.558. The van der Waals surface area contributed by atoms with E-state index in [1.54, 1.807) is 20.8 Å². The zero-order valence-electron chi connectivity index (χ0n) is 9.17. The third-order valence-electron chi connectivity index (χ3n) is 1.63. The van der Waals surface area contributed by atoms with Gasteiger partial charge >= 0.3 is 5.97 Å². The molecule has 0 aliphatic heterocycles. The van der Waals surface area contributed by atoms with Gasteiger partial charge in [-0.15, -0.1) is 0 Å². The van der Waals surface area contributed by atoms with Crippen LogP contribution < -0.4 is 0 Å². The highest BCUT2D eigenvalue weighted by Crippen LogP contribution is 2.31. The molecule has 1 N–H and O–H groups in total. The first-order chi connectivity index (χ1) is 7.20. The Morgan fingerprint density at radius 1 is 1.25 bits per heavy atom. The third-order valence-corrected chi connectivity index (χ3v) is 2.23. The molecule has 16 heavy (non-hydrogen) atoms. The molecule has 0 saturated carbocycles. The second-order valence-corrected chi connectivity index (χ2v) is 5.10. The first-order valence-corrected chi connectivity index (χ1v) is 5.37. The van der Waals surface area contributed by atoms with Crippen LogP contribution in [0.4, 0.5) is 0 Å². The Labute approximate surface area is 104 Å². The van der Waals surface area contributed by atoms with Gasteiger partial charge < -0.3 is 9.84 Å². The lowest BCUT2D eigenvalue weighted by Gasteiger charge is -2.20. The van der Waals surface area contributed by atoms with Crippen LogP contribution in [0, 0.1) is 0 Å². The van der Waals surface area contributed by atoms with E-state index < -0.39 is 11.6 Å². The maximum atomic E-state index is 11.7.